The fourth-order valence-electron chi connectivity index (χ4n) is 2.84. The maximum Gasteiger partial charge on any atom is 0.194 e. The van der Waals surface area contributed by atoms with Gasteiger partial charge in [-0.25, -0.2) is 0 Å². The Balaban J connectivity index is 2.40. The SMILES string of the molecule is O=c1c2ccccc2ccc2ccc3ccccc3c12. The van der Waals surface area contributed by atoms with E-state index < -0.39 is 0 Å². The van der Waals surface area contributed by atoms with Gasteiger partial charge in [-0.15, -0.1) is 0 Å². The van der Waals surface area contributed by atoms with E-state index in [-0.39, 0.29) is 5.43 Å². The highest BCUT2D eigenvalue weighted by molar-refractivity contribution is 6.09. The van der Waals surface area contributed by atoms with Gasteiger partial charge in [-0.3, -0.25) is 4.79 Å². The van der Waals surface area contributed by atoms with Gasteiger partial charge in [-0.1, -0.05) is 72.8 Å². The monoisotopic (exact) mass is 256 g/mol. The molecule has 0 fully saturated rings. The summed E-state index contributed by atoms with van der Waals surface area (Å²) in [6.45, 7) is 0. The van der Waals surface area contributed by atoms with Crippen LogP contribution in [0.2, 0.25) is 0 Å². The summed E-state index contributed by atoms with van der Waals surface area (Å²) in [4.78, 5) is 12.9. The van der Waals surface area contributed by atoms with Crippen LogP contribution < -0.4 is 5.43 Å². The van der Waals surface area contributed by atoms with Crippen LogP contribution >= 0.6 is 0 Å². The third-order valence-corrected chi connectivity index (χ3v) is 3.84. The first kappa shape index (κ1) is 11.2. The molecule has 0 saturated heterocycles. The zero-order valence-electron chi connectivity index (χ0n) is 10.8. The van der Waals surface area contributed by atoms with Gasteiger partial charge >= 0.3 is 0 Å². The van der Waals surface area contributed by atoms with Gasteiger partial charge in [0.05, 0.1) is 0 Å². The van der Waals surface area contributed by atoms with Crippen molar-refractivity contribution in [1.29, 1.82) is 0 Å². The third kappa shape index (κ3) is 1.53. The standard InChI is InChI=1S/C19H12O/c20-19-17-8-4-2-6-14(17)10-12-15-11-9-13-5-1-3-7-16(13)18(15)19/h1-12H. The first-order chi connectivity index (χ1) is 9.84. The van der Waals surface area contributed by atoms with Crippen LogP contribution in [0.15, 0.2) is 77.6 Å². The molecule has 0 unspecified atom stereocenters. The van der Waals surface area contributed by atoms with Crippen LogP contribution in [0.1, 0.15) is 0 Å². The lowest BCUT2D eigenvalue weighted by molar-refractivity contribution is 1.76. The van der Waals surface area contributed by atoms with Crippen molar-refractivity contribution in [2.75, 3.05) is 0 Å². The predicted octanol–water partition coefficient (Wildman–Crippen LogP) is 4.51. The first-order valence-corrected chi connectivity index (χ1v) is 6.68. The molecule has 0 N–H and O–H groups in total. The molecule has 4 aromatic carbocycles. The van der Waals surface area contributed by atoms with E-state index in [0.29, 0.717) is 0 Å². The molecule has 94 valence electrons. The third-order valence-electron chi connectivity index (χ3n) is 3.84. The number of fused-ring (bicyclic) bond motifs is 4. The van der Waals surface area contributed by atoms with E-state index >= 15 is 0 Å². The molecule has 0 aliphatic carbocycles. The van der Waals surface area contributed by atoms with Crippen molar-refractivity contribution < 1.29 is 0 Å². The quantitative estimate of drug-likeness (QED) is 0.452. The molecule has 1 nitrogen and oxygen atoms in total. The van der Waals surface area contributed by atoms with E-state index in [0.717, 1.165) is 32.3 Å². The van der Waals surface area contributed by atoms with Crippen molar-refractivity contribution >= 4 is 32.3 Å². The fraction of sp³-hybridized carbons (Fsp3) is 0. The van der Waals surface area contributed by atoms with Gasteiger partial charge in [0.15, 0.2) is 5.43 Å². The average molecular weight is 256 g/mol. The molecule has 0 aliphatic heterocycles. The second-order valence-corrected chi connectivity index (χ2v) is 5.00. The van der Waals surface area contributed by atoms with Crippen molar-refractivity contribution in [2.24, 2.45) is 0 Å². The van der Waals surface area contributed by atoms with Crippen molar-refractivity contribution in [2.45, 2.75) is 0 Å². The lowest BCUT2D eigenvalue weighted by atomic mass is 10.0. The molecular formula is C19H12O. The van der Waals surface area contributed by atoms with Crippen molar-refractivity contribution in [3.05, 3.63) is 83.0 Å². The molecule has 0 radical (unpaired) electrons. The zero-order valence-corrected chi connectivity index (χ0v) is 10.8. The molecular weight excluding hydrogens is 244 g/mol. The van der Waals surface area contributed by atoms with Crippen LogP contribution in [0, 0.1) is 0 Å². The second kappa shape index (κ2) is 4.17. The van der Waals surface area contributed by atoms with Crippen LogP contribution in [0.4, 0.5) is 0 Å². The Labute approximate surface area is 116 Å². The molecule has 4 aromatic rings. The van der Waals surface area contributed by atoms with Crippen molar-refractivity contribution in [1.82, 2.24) is 0 Å². The summed E-state index contributed by atoms with van der Waals surface area (Å²) in [6.07, 6.45) is 0. The Morgan fingerprint density at radius 1 is 0.500 bits per heavy atom. The molecule has 0 saturated carbocycles. The fourth-order valence-corrected chi connectivity index (χ4v) is 2.84. The Kier molecular flexibility index (Phi) is 2.33. The summed E-state index contributed by atoms with van der Waals surface area (Å²) in [5.41, 5.74) is 0.109. The predicted molar refractivity (Wildman–Crippen MR) is 85.2 cm³/mol. The highest BCUT2D eigenvalue weighted by Crippen LogP contribution is 2.23. The molecule has 0 atom stereocenters. The summed E-state index contributed by atoms with van der Waals surface area (Å²) in [5.74, 6) is 0. The molecule has 0 heterocycles. The molecule has 0 bridgehead atoms. The van der Waals surface area contributed by atoms with Crippen LogP contribution in [0.5, 0.6) is 0 Å². The van der Waals surface area contributed by atoms with Gasteiger partial charge in [-0.2, -0.15) is 0 Å². The summed E-state index contributed by atoms with van der Waals surface area (Å²) < 4.78 is 0. The molecule has 0 spiro atoms. The lowest BCUT2D eigenvalue weighted by Gasteiger charge is -2.00. The van der Waals surface area contributed by atoms with E-state index in [4.69, 9.17) is 0 Å². The summed E-state index contributed by atoms with van der Waals surface area (Å²) >= 11 is 0. The minimum Gasteiger partial charge on any atom is -0.289 e. The molecule has 0 amide bonds. The number of hydrogen-bond acceptors (Lipinski definition) is 1. The minimum atomic E-state index is 0.109. The van der Waals surface area contributed by atoms with E-state index in [9.17, 15) is 4.79 Å². The van der Waals surface area contributed by atoms with Gasteiger partial charge in [-0.05, 0) is 21.5 Å². The molecule has 20 heavy (non-hydrogen) atoms. The molecule has 1 heteroatoms. The van der Waals surface area contributed by atoms with E-state index in [1.54, 1.807) is 0 Å². The minimum absolute atomic E-state index is 0.109. The van der Waals surface area contributed by atoms with Crippen molar-refractivity contribution in [3.8, 4) is 0 Å². The first-order valence-electron chi connectivity index (χ1n) is 6.68. The van der Waals surface area contributed by atoms with Crippen LogP contribution in [0.25, 0.3) is 32.3 Å². The maximum atomic E-state index is 12.9. The Bertz CT molecular complexity index is 1020. The van der Waals surface area contributed by atoms with E-state index in [1.807, 2.05) is 66.7 Å². The van der Waals surface area contributed by atoms with Gasteiger partial charge in [0, 0.05) is 10.8 Å². The van der Waals surface area contributed by atoms with Crippen LogP contribution in [-0.4, -0.2) is 0 Å². The highest BCUT2D eigenvalue weighted by atomic mass is 16.1. The average Bonchev–Trinajstić information content (AvgIpc) is 2.65. The van der Waals surface area contributed by atoms with Gasteiger partial charge in [0.2, 0.25) is 0 Å². The Morgan fingerprint density at radius 3 is 1.70 bits per heavy atom. The van der Waals surface area contributed by atoms with Gasteiger partial charge < -0.3 is 0 Å². The lowest BCUT2D eigenvalue weighted by Crippen LogP contribution is -1.98. The van der Waals surface area contributed by atoms with Crippen molar-refractivity contribution in [3.63, 3.8) is 0 Å². The zero-order chi connectivity index (χ0) is 13.5. The van der Waals surface area contributed by atoms with Gasteiger partial charge in [0.25, 0.3) is 0 Å². The molecule has 0 aromatic heterocycles. The largest absolute Gasteiger partial charge is 0.289 e. The normalized spacial score (nSPS) is 11.2. The topological polar surface area (TPSA) is 17.1 Å². The Hall–Kier alpha value is -2.67. The second-order valence-electron chi connectivity index (χ2n) is 5.00. The molecule has 0 aliphatic rings. The summed E-state index contributed by atoms with van der Waals surface area (Å²) in [6, 6.07) is 24.0. The summed E-state index contributed by atoms with van der Waals surface area (Å²) in [5, 5.41) is 5.69. The van der Waals surface area contributed by atoms with E-state index in [2.05, 4.69) is 6.07 Å². The highest BCUT2D eigenvalue weighted by Gasteiger charge is 2.05. The Morgan fingerprint density at radius 2 is 1.00 bits per heavy atom. The van der Waals surface area contributed by atoms with Gasteiger partial charge in [0.1, 0.15) is 0 Å². The smallest absolute Gasteiger partial charge is 0.194 e. The van der Waals surface area contributed by atoms with Crippen LogP contribution in [0.3, 0.4) is 0 Å². The van der Waals surface area contributed by atoms with E-state index in [1.165, 1.54) is 0 Å². The number of benzene rings is 3. The number of hydrogen-bond donors (Lipinski definition) is 0. The summed E-state index contributed by atoms with van der Waals surface area (Å²) in [7, 11) is 0. The molecule has 4 rings (SSSR count). The number of rotatable bonds is 0. The maximum absolute atomic E-state index is 12.9. The van der Waals surface area contributed by atoms with Crippen LogP contribution in [-0.2, 0) is 0 Å².